The molecule has 0 aromatic heterocycles. The lowest BCUT2D eigenvalue weighted by Crippen LogP contribution is -2.66. The van der Waals surface area contributed by atoms with Gasteiger partial charge in [-0.2, -0.15) is 79.0 Å². The molecular weight excluding hydrogens is 678 g/mol. The fraction of sp³-hybridized carbons (Fsp3) is 0.875. The first-order valence-electron chi connectivity index (χ1n) is 12.9. The number of carbonyl (C=O) groups excluding carboxylic acids is 1. The SMILES string of the molecule is C=CC(=O)OC(C1CCC(C(C2CCC(C(O)(C(F)(F)F)C(F)(F)F)CC2)(C(F)(F)F)C(F)(F)F)CC1)(C(F)(F)F)C(F)(F)F. The molecule has 0 radical (unpaired) electrons. The highest BCUT2D eigenvalue weighted by molar-refractivity contribution is 5.81. The topological polar surface area (TPSA) is 46.5 Å². The van der Waals surface area contributed by atoms with Gasteiger partial charge in [0.25, 0.3) is 5.60 Å². The van der Waals surface area contributed by atoms with Crippen molar-refractivity contribution in [3.05, 3.63) is 12.7 Å². The minimum absolute atomic E-state index is 0.0921. The van der Waals surface area contributed by atoms with Gasteiger partial charge in [-0.05, 0) is 63.2 Å². The first-order chi connectivity index (χ1) is 19.9. The molecule has 2 aliphatic carbocycles. The zero-order valence-electron chi connectivity index (χ0n) is 22.3. The Kier molecular flexibility index (Phi) is 10.3. The Bertz CT molecular complexity index is 1000. The van der Waals surface area contributed by atoms with Crippen LogP contribution in [0.1, 0.15) is 51.4 Å². The van der Waals surface area contributed by atoms with Crippen LogP contribution in [0.3, 0.4) is 0 Å². The van der Waals surface area contributed by atoms with E-state index in [-0.39, 0.29) is 6.08 Å². The van der Waals surface area contributed by atoms with E-state index in [1.54, 1.807) is 0 Å². The molecule has 1 N–H and O–H groups in total. The molecule has 45 heavy (non-hydrogen) atoms. The maximum Gasteiger partial charge on any atom is 0.437 e. The first kappa shape index (κ1) is 39.1. The second-order valence-corrected chi connectivity index (χ2v) is 11.1. The summed E-state index contributed by atoms with van der Waals surface area (Å²) in [5, 5.41) is 9.56. The minimum Gasteiger partial charge on any atom is -0.436 e. The summed E-state index contributed by atoms with van der Waals surface area (Å²) in [6.07, 6.45) is -51.9. The summed E-state index contributed by atoms with van der Waals surface area (Å²) < 4.78 is 254. The average molecular weight is 702 g/mol. The molecule has 264 valence electrons. The second kappa shape index (κ2) is 11.9. The molecule has 0 unspecified atom stereocenters. The molecule has 0 aliphatic heterocycles. The third-order valence-corrected chi connectivity index (χ3v) is 8.98. The highest BCUT2D eigenvalue weighted by Gasteiger charge is 2.81. The molecule has 2 rings (SSSR count). The number of ether oxygens (including phenoxy) is 1. The predicted octanol–water partition coefficient (Wildman–Crippen LogP) is 9.16. The number of aliphatic hydroxyl groups is 1. The summed E-state index contributed by atoms with van der Waals surface area (Å²) in [6.45, 7) is 2.65. The van der Waals surface area contributed by atoms with Crippen LogP contribution in [0, 0.1) is 29.1 Å². The van der Waals surface area contributed by atoms with Crippen LogP contribution >= 0.6 is 0 Å². The Labute approximate surface area is 241 Å². The fourth-order valence-electron chi connectivity index (χ4n) is 6.99. The van der Waals surface area contributed by atoms with Gasteiger partial charge in [0.2, 0.25) is 0 Å². The van der Waals surface area contributed by atoms with Crippen LogP contribution < -0.4 is 0 Å². The van der Waals surface area contributed by atoms with Gasteiger partial charge in [0, 0.05) is 17.9 Å². The molecule has 2 aliphatic rings. The Morgan fingerprint density at radius 3 is 1.04 bits per heavy atom. The zero-order valence-corrected chi connectivity index (χ0v) is 22.3. The number of rotatable bonds is 6. The van der Waals surface area contributed by atoms with E-state index in [0.717, 1.165) is 0 Å². The van der Waals surface area contributed by atoms with E-state index >= 15 is 0 Å². The molecule has 0 aromatic carbocycles. The van der Waals surface area contributed by atoms with Crippen molar-refractivity contribution in [3.8, 4) is 0 Å². The van der Waals surface area contributed by atoms with E-state index in [1.165, 1.54) is 0 Å². The highest BCUT2D eigenvalue weighted by atomic mass is 19.4. The molecule has 0 amide bonds. The van der Waals surface area contributed by atoms with Gasteiger partial charge in [-0.3, -0.25) is 0 Å². The third kappa shape index (κ3) is 6.30. The van der Waals surface area contributed by atoms with Crippen molar-refractivity contribution < 1.29 is 93.7 Å². The standard InChI is InChI=1S/C24H24F18O3/c1-2-15(43)45-18(23(37,38)39,24(40,41)42)14-9-5-12(6-10-14)16(19(25,26)27,20(28,29)30)11-3-7-13(8-4-11)17(44,21(31,32)33)22(34,35)36/h2,11-14,44H,1,3-10H2. The Balaban J connectivity index is 2.56. The molecule has 0 aromatic rings. The number of alkyl halides is 18. The Morgan fingerprint density at radius 2 is 0.800 bits per heavy atom. The molecule has 0 bridgehead atoms. The summed E-state index contributed by atoms with van der Waals surface area (Å²) in [7, 11) is 0. The normalized spacial score (nSPS) is 25.6. The minimum atomic E-state index is -6.47. The van der Waals surface area contributed by atoms with Crippen LogP contribution in [0.15, 0.2) is 12.7 Å². The van der Waals surface area contributed by atoms with Gasteiger partial charge in [0.15, 0.2) is 5.41 Å². The van der Waals surface area contributed by atoms with Gasteiger partial charge >= 0.3 is 48.6 Å². The summed E-state index contributed by atoms with van der Waals surface area (Å²) in [5.74, 6) is -13.8. The van der Waals surface area contributed by atoms with E-state index < -0.39 is 135 Å². The molecule has 0 heterocycles. The maximum atomic E-state index is 14.5. The van der Waals surface area contributed by atoms with E-state index in [1.807, 2.05) is 0 Å². The van der Waals surface area contributed by atoms with E-state index in [4.69, 9.17) is 0 Å². The largest absolute Gasteiger partial charge is 0.437 e. The lowest BCUT2D eigenvalue weighted by molar-refractivity contribution is -0.401. The average Bonchev–Trinajstić information content (AvgIpc) is 2.83. The van der Waals surface area contributed by atoms with Gasteiger partial charge in [-0.15, -0.1) is 0 Å². The van der Waals surface area contributed by atoms with Crippen molar-refractivity contribution in [1.29, 1.82) is 0 Å². The molecule has 21 heteroatoms. The lowest BCUT2D eigenvalue weighted by atomic mass is 9.54. The van der Waals surface area contributed by atoms with Crippen molar-refractivity contribution in [2.24, 2.45) is 29.1 Å². The first-order valence-corrected chi connectivity index (χ1v) is 12.9. The molecular formula is C24H24F18O3. The molecule has 0 spiro atoms. The number of hydrogen-bond acceptors (Lipinski definition) is 3. The smallest absolute Gasteiger partial charge is 0.436 e. The molecule has 2 fully saturated rings. The molecule has 2 saturated carbocycles. The number of hydrogen-bond donors (Lipinski definition) is 1. The zero-order chi connectivity index (χ0) is 35.5. The molecule has 0 saturated heterocycles. The van der Waals surface area contributed by atoms with E-state index in [9.17, 15) is 88.9 Å². The Hall–Kier alpha value is -2.09. The van der Waals surface area contributed by atoms with Crippen molar-refractivity contribution in [2.75, 3.05) is 0 Å². The summed E-state index contributed by atoms with van der Waals surface area (Å²) >= 11 is 0. The lowest BCUT2D eigenvalue weighted by Gasteiger charge is -2.53. The van der Waals surface area contributed by atoms with Crippen LogP contribution in [0.25, 0.3) is 0 Å². The van der Waals surface area contributed by atoms with Crippen LogP contribution in [-0.4, -0.2) is 59.3 Å². The van der Waals surface area contributed by atoms with Crippen molar-refractivity contribution in [2.45, 2.75) is 99.6 Å². The van der Waals surface area contributed by atoms with Crippen molar-refractivity contribution >= 4 is 5.97 Å². The van der Waals surface area contributed by atoms with Gasteiger partial charge in [-0.1, -0.05) is 6.58 Å². The number of halogens is 18. The summed E-state index contributed by atoms with van der Waals surface area (Å²) in [6, 6.07) is 0. The summed E-state index contributed by atoms with van der Waals surface area (Å²) in [5.41, 5.74) is -15.8. The summed E-state index contributed by atoms with van der Waals surface area (Å²) in [4.78, 5) is 11.5. The second-order valence-electron chi connectivity index (χ2n) is 11.1. The third-order valence-electron chi connectivity index (χ3n) is 8.98. The van der Waals surface area contributed by atoms with Crippen molar-refractivity contribution in [1.82, 2.24) is 0 Å². The monoisotopic (exact) mass is 702 g/mol. The van der Waals surface area contributed by atoms with Gasteiger partial charge < -0.3 is 9.84 Å². The molecule has 0 atom stereocenters. The Morgan fingerprint density at radius 1 is 0.511 bits per heavy atom. The van der Waals surface area contributed by atoms with E-state index in [0.29, 0.717) is 0 Å². The highest BCUT2D eigenvalue weighted by Crippen LogP contribution is 2.67. The van der Waals surface area contributed by atoms with Crippen LogP contribution in [-0.2, 0) is 9.53 Å². The number of esters is 1. The predicted molar refractivity (Wildman–Crippen MR) is 114 cm³/mol. The maximum absolute atomic E-state index is 14.5. The number of carbonyl (C=O) groups is 1. The van der Waals surface area contributed by atoms with Crippen LogP contribution in [0.2, 0.25) is 0 Å². The van der Waals surface area contributed by atoms with E-state index in [2.05, 4.69) is 11.3 Å². The van der Waals surface area contributed by atoms with Gasteiger partial charge in [0.05, 0.1) is 0 Å². The quantitative estimate of drug-likeness (QED) is 0.171. The van der Waals surface area contributed by atoms with Crippen LogP contribution in [0.5, 0.6) is 0 Å². The van der Waals surface area contributed by atoms with Crippen molar-refractivity contribution in [3.63, 3.8) is 0 Å². The van der Waals surface area contributed by atoms with Gasteiger partial charge in [0.1, 0.15) is 0 Å². The molecule has 3 nitrogen and oxygen atoms in total. The van der Waals surface area contributed by atoms with Crippen LogP contribution in [0.4, 0.5) is 79.0 Å². The fourth-order valence-corrected chi connectivity index (χ4v) is 6.99. The van der Waals surface area contributed by atoms with Gasteiger partial charge in [-0.25, -0.2) is 4.79 Å².